The molecule has 0 aliphatic rings. The Morgan fingerprint density at radius 2 is 1.89 bits per heavy atom. The molecule has 27 heavy (non-hydrogen) atoms. The Morgan fingerprint density at radius 3 is 2.56 bits per heavy atom. The standard InChI is InChI=1S/C20H21N3O3S/c1-14(27-17-7-5-4-6-8-17)20(24)23(2)13-18-21-19(22-26-18)15-9-11-16(25-3)12-10-15/h4-12,14H,13H2,1-3H3/t14-/m1/s1. The van der Waals surface area contributed by atoms with Crippen molar-refractivity contribution in [3.05, 3.63) is 60.5 Å². The summed E-state index contributed by atoms with van der Waals surface area (Å²) in [4.78, 5) is 19.6. The van der Waals surface area contributed by atoms with Gasteiger partial charge < -0.3 is 14.2 Å². The van der Waals surface area contributed by atoms with E-state index in [1.165, 1.54) is 11.8 Å². The van der Waals surface area contributed by atoms with E-state index in [0.29, 0.717) is 11.7 Å². The molecular weight excluding hydrogens is 362 g/mol. The molecule has 0 bridgehead atoms. The molecule has 0 fully saturated rings. The van der Waals surface area contributed by atoms with Crippen LogP contribution < -0.4 is 4.74 Å². The zero-order chi connectivity index (χ0) is 19.2. The van der Waals surface area contributed by atoms with Crippen LogP contribution >= 0.6 is 11.8 Å². The molecule has 0 aliphatic heterocycles. The second kappa shape index (κ2) is 8.73. The monoisotopic (exact) mass is 383 g/mol. The van der Waals surface area contributed by atoms with Gasteiger partial charge in [0, 0.05) is 17.5 Å². The highest BCUT2D eigenvalue weighted by Gasteiger charge is 2.21. The third-order valence-electron chi connectivity index (χ3n) is 3.97. The highest BCUT2D eigenvalue weighted by molar-refractivity contribution is 8.00. The van der Waals surface area contributed by atoms with Gasteiger partial charge in [0.2, 0.25) is 17.6 Å². The topological polar surface area (TPSA) is 68.5 Å². The van der Waals surface area contributed by atoms with E-state index in [0.717, 1.165) is 16.2 Å². The first-order valence-electron chi connectivity index (χ1n) is 8.50. The highest BCUT2D eigenvalue weighted by Crippen LogP contribution is 2.24. The molecule has 0 aliphatic carbocycles. The average molecular weight is 383 g/mol. The minimum absolute atomic E-state index is 0.00745. The smallest absolute Gasteiger partial charge is 0.246 e. The molecule has 1 heterocycles. The van der Waals surface area contributed by atoms with Gasteiger partial charge in [-0.3, -0.25) is 4.79 Å². The Kier molecular flexibility index (Phi) is 6.13. The second-order valence-electron chi connectivity index (χ2n) is 6.01. The average Bonchev–Trinajstić information content (AvgIpc) is 3.16. The van der Waals surface area contributed by atoms with Gasteiger partial charge in [-0.1, -0.05) is 23.4 Å². The van der Waals surface area contributed by atoms with Crippen LogP contribution in [0.1, 0.15) is 12.8 Å². The van der Waals surface area contributed by atoms with Gasteiger partial charge in [0.1, 0.15) is 5.75 Å². The van der Waals surface area contributed by atoms with E-state index in [4.69, 9.17) is 9.26 Å². The molecule has 2 aromatic carbocycles. The number of aromatic nitrogens is 2. The van der Waals surface area contributed by atoms with Crippen molar-refractivity contribution < 1.29 is 14.1 Å². The molecule has 1 atom stereocenters. The first-order chi connectivity index (χ1) is 13.1. The van der Waals surface area contributed by atoms with Gasteiger partial charge in [-0.05, 0) is 43.3 Å². The van der Waals surface area contributed by atoms with Crippen LogP contribution in [0, 0.1) is 0 Å². The Morgan fingerprint density at radius 1 is 1.19 bits per heavy atom. The summed E-state index contributed by atoms with van der Waals surface area (Å²) in [5.41, 5.74) is 0.827. The number of carbonyl (C=O) groups is 1. The summed E-state index contributed by atoms with van der Waals surface area (Å²) in [5.74, 6) is 1.65. The number of hydrogen-bond acceptors (Lipinski definition) is 6. The summed E-state index contributed by atoms with van der Waals surface area (Å²) in [5, 5.41) is 3.79. The lowest BCUT2D eigenvalue weighted by Gasteiger charge is -2.19. The van der Waals surface area contributed by atoms with Crippen LogP contribution in [0.2, 0.25) is 0 Å². The van der Waals surface area contributed by atoms with E-state index >= 15 is 0 Å². The third kappa shape index (κ3) is 4.89. The predicted molar refractivity (Wildman–Crippen MR) is 105 cm³/mol. The molecular formula is C20H21N3O3S. The maximum absolute atomic E-state index is 12.6. The zero-order valence-corrected chi connectivity index (χ0v) is 16.3. The minimum Gasteiger partial charge on any atom is -0.497 e. The summed E-state index contributed by atoms with van der Waals surface area (Å²) in [6, 6.07) is 17.3. The van der Waals surface area contributed by atoms with E-state index in [9.17, 15) is 4.79 Å². The van der Waals surface area contributed by atoms with Gasteiger partial charge in [-0.15, -0.1) is 11.8 Å². The van der Waals surface area contributed by atoms with E-state index in [2.05, 4.69) is 10.1 Å². The van der Waals surface area contributed by atoms with Crippen LogP contribution in [-0.2, 0) is 11.3 Å². The third-order valence-corrected chi connectivity index (χ3v) is 5.07. The Balaban J connectivity index is 1.61. The lowest BCUT2D eigenvalue weighted by atomic mass is 10.2. The number of methoxy groups -OCH3 is 1. The number of amides is 1. The van der Waals surface area contributed by atoms with Crippen molar-refractivity contribution in [2.75, 3.05) is 14.2 Å². The number of hydrogen-bond donors (Lipinski definition) is 0. The summed E-state index contributed by atoms with van der Waals surface area (Å²) in [6.45, 7) is 2.16. The SMILES string of the molecule is COc1ccc(-c2noc(CN(C)C(=O)[C@@H](C)Sc3ccccc3)n2)cc1. The minimum atomic E-state index is -0.207. The molecule has 3 rings (SSSR count). The van der Waals surface area contributed by atoms with Gasteiger partial charge in [0.25, 0.3) is 0 Å². The Hall–Kier alpha value is -2.80. The lowest BCUT2D eigenvalue weighted by molar-refractivity contribution is -0.129. The molecule has 1 aromatic heterocycles. The molecule has 6 nitrogen and oxygen atoms in total. The van der Waals surface area contributed by atoms with Crippen molar-refractivity contribution >= 4 is 17.7 Å². The number of nitrogens with zero attached hydrogens (tertiary/aromatic N) is 3. The van der Waals surface area contributed by atoms with Crippen molar-refractivity contribution in [3.63, 3.8) is 0 Å². The summed E-state index contributed by atoms with van der Waals surface area (Å²) in [6.07, 6.45) is 0. The largest absolute Gasteiger partial charge is 0.497 e. The zero-order valence-electron chi connectivity index (χ0n) is 15.5. The van der Waals surface area contributed by atoms with E-state index in [1.807, 2.05) is 61.5 Å². The molecule has 0 N–H and O–H groups in total. The van der Waals surface area contributed by atoms with Crippen molar-refractivity contribution in [2.24, 2.45) is 0 Å². The van der Waals surface area contributed by atoms with Crippen LogP contribution in [-0.4, -0.2) is 40.4 Å². The number of ether oxygens (including phenoxy) is 1. The first-order valence-corrected chi connectivity index (χ1v) is 9.38. The second-order valence-corrected chi connectivity index (χ2v) is 7.42. The molecule has 0 unspecified atom stereocenters. The molecule has 140 valence electrons. The molecule has 0 saturated heterocycles. The first kappa shape index (κ1) is 19.0. The van der Waals surface area contributed by atoms with Crippen molar-refractivity contribution in [1.82, 2.24) is 15.0 Å². The Labute approximate surface area is 162 Å². The van der Waals surface area contributed by atoms with Crippen molar-refractivity contribution in [2.45, 2.75) is 23.6 Å². The van der Waals surface area contributed by atoms with E-state index in [1.54, 1.807) is 19.1 Å². The lowest BCUT2D eigenvalue weighted by Crippen LogP contribution is -2.32. The summed E-state index contributed by atoms with van der Waals surface area (Å²) < 4.78 is 10.4. The Bertz CT molecular complexity index is 881. The predicted octanol–water partition coefficient (Wildman–Crippen LogP) is 3.88. The molecule has 7 heteroatoms. The van der Waals surface area contributed by atoms with Crippen LogP contribution in [0.25, 0.3) is 11.4 Å². The summed E-state index contributed by atoms with van der Waals surface area (Å²) in [7, 11) is 3.35. The van der Waals surface area contributed by atoms with Gasteiger partial charge >= 0.3 is 0 Å². The molecule has 3 aromatic rings. The van der Waals surface area contributed by atoms with Crippen LogP contribution in [0.3, 0.4) is 0 Å². The maximum Gasteiger partial charge on any atom is 0.246 e. The molecule has 0 radical (unpaired) electrons. The van der Waals surface area contributed by atoms with Gasteiger partial charge in [0.15, 0.2) is 0 Å². The van der Waals surface area contributed by atoms with Gasteiger partial charge in [-0.2, -0.15) is 4.98 Å². The fourth-order valence-corrected chi connectivity index (χ4v) is 3.52. The van der Waals surface area contributed by atoms with Crippen LogP contribution in [0.4, 0.5) is 0 Å². The number of carbonyl (C=O) groups excluding carboxylic acids is 1. The molecule has 0 saturated carbocycles. The number of thioether (sulfide) groups is 1. The fraction of sp³-hybridized carbons (Fsp3) is 0.250. The number of rotatable bonds is 7. The fourth-order valence-electron chi connectivity index (χ4n) is 2.52. The van der Waals surface area contributed by atoms with Gasteiger partial charge in [-0.25, -0.2) is 0 Å². The van der Waals surface area contributed by atoms with Crippen LogP contribution in [0.15, 0.2) is 64.0 Å². The molecule has 0 spiro atoms. The van der Waals surface area contributed by atoms with Gasteiger partial charge in [0.05, 0.1) is 18.9 Å². The van der Waals surface area contributed by atoms with E-state index in [-0.39, 0.29) is 17.7 Å². The van der Waals surface area contributed by atoms with Crippen molar-refractivity contribution in [3.8, 4) is 17.1 Å². The highest BCUT2D eigenvalue weighted by atomic mass is 32.2. The quantitative estimate of drug-likeness (QED) is 0.577. The number of benzene rings is 2. The maximum atomic E-state index is 12.6. The molecule has 1 amide bonds. The van der Waals surface area contributed by atoms with Crippen LogP contribution in [0.5, 0.6) is 5.75 Å². The summed E-state index contributed by atoms with van der Waals surface area (Å²) >= 11 is 1.53. The normalized spacial score (nSPS) is 11.8. The van der Waals surface area contributed by atoms with Crippen molar-refractivity contribution in [1.29, 1.82) is 0 Å². The van der Waals surface area contributed by atoms with E-state index < -0.39 is 0 Å².